The monoisotopic (exact) mass is 756 g/mol. The molecule has 0 saturated carbocycles. The van der Waals surface area contributed by atoms with E-state index in [1.807, 2.05) is 0 Å². The van der Waals surface area contributed by atoms with Crippen molar-refractivity contribution in [1.82, 2.24) is 0 Å². The summed E-state index contributed by atoms with van der Waals surface area (Å²) in [4.78, 5) is 61.1. The van der Waals surface area contributed by atoms with Crippen LogP contribution in [-0.4, -0.2) is 176 Å². The van der Waals surface area contributed by atoms with Crippen molar-refractivity contribution >= 4 is 35.8 Å². The third kappa shape index (κ3) is 41.0. The van der Waals surface area contributed by atoms with Gasteiger partial charge in [0, 0.05) is 24.8 Å². The van der Waals surface area contributed by atoms with Gasteiger partial charge >= 0.3 is 17.9 Å². The number of aliphatic carboxylic acids is 6. The van der Waals surface area contributed by atoms with E-state index in [1.165, 1.54) is 0 Å². The van der Waals surface area contributed by atoms with Gasteiger partial charge in [-0.25, -0.2) is 0 Å². The molecule has 19 heteroatoms. The number of carboxylic acids is 6. The van der Waals surface area contributed by atoms with Gasteiger partial charge in [-0.3, -0.25) is 14.4 Å². The molecule has 52 heavy (non-hydrogen) atoms. The Morgan fingerprint density at radius 1 is 0.500 bits per heavy atom. The van der Waals surface area contributed by atoms with Crippen molar-refractivity contribution in [3.8, 4) is 0 Å². The molecule has 308 valence electrons. The lowest BCUT2D eigenvalue weighted by Crippen LogP contribution is -2.54. The highest BCUT2D eigenvalue weighted by atomic mass is 16.4. The van der Waals surface area contributed by atoms with E-state index in [4.69, 9.17) is 37.6 Å². The maximum absolute atomic E-state index is 10.4. The summed E-state index contributed by atoms with van der Waals surface area (Å²) in [5.74, 6) is -8.68. The molecular weight excluding hydrogens is 688 g/mol. The molecule has 0 heterocycles. The van der Waals surface area contributed by atoms with Gasteiger partial charge < -0.3 is 80.8 Å². The molecule has 0 unspecified atom stereocenters. The predicted molar refractivity (Wildman–Crippen MR) is 186 cm³/mol. The molecule has 0 aliphatic carbocycles. The number of aliphatic hydroxyl groups is 1. The number of quaternary nitrogens is 3. The largest absolute Gasteiger partial charge is 0.550 e. The van der Waals surface area contributed by atoms with Crippen LogP contribution in [0.15, 0.2) is 0 Å². The highest BCUT2D eigenvalue weighted by Crippen LogP contribution is 2.13. The number of carbonyl (C=O) groups is 6. The molecule has 0 aromatic carbocycles. The summed E-state index contributed by atoms with van der Waals surface area (Å²) in [5, 5.41) is 64.5. The maximum atomic E-state index is 10.4. The van der Waals surface area contributed by atoms with Gasteiger partial charge in [-0.15, -0.1) is 0 Å². The molecule has 0 saturated heterocycles. The van der Waals surface area contributed by atoms with Crippen LogP contribution < -0.4 is 32.5 Å². The highest BCUT2D eigenvalue weighted by Gasteiger charge is 2.29. The van der Waals surface area contributed by atoms with Gasteiger partial charge in [0.15, 0.2) is 0 Å². The van der Waals surface area contributed by atoms with E-state index in [1.54, 1.807) is 0 Å². The molecule has 0 bridgehead atoms. The Labute approximate surface area is 308 Å². The first-order valence-corrected chi connectivity index (χ1v) is 17.0. The minimum absolute atomic E-state index is 0.579. The standard InChI is InChI=1S/3C9H20N2O2.C6H8O7/c3*1-11(2,3)7-5-4-6-8(10)9(12)13;7-3(8)1-6(13,5(11)12)2-4(9)10/h3*8H,4-7,10H2,1-3H3;13H,1-2H2,(H,7,8)(H,9,10)(H,11,12)/t3*8-;/m000./s1. The average molecular weight is 757 g/mol. The fraction of sp³-hybridized carbons (Fsp3) is 0.818. The Bertz CT molecular complexity index is 964. The van der Waals surface area contributed by atoms with Crippen LogP contribution in [0.4, 0.5) is 0 Å². The van der Waals surface area contributed by atoms with Crippen molar-refractivity contribution in [2.75, 3.05) is 83.1 Å². The van der Waals surface area contributed by atoms with Crippen LogP contribution in [0.5, 0.6) is 0 Å². The molecule has 3 atom stereocenters. The quantitative estimate of drug-likeness (QED) is 0.0382. The molecule has 10 N–H and O–H groups in total. The van der Waals surface area contributed by atoms with Crippen molar-refractivity contribution in [3.05, 3.63) is 0 Å². The van der Waals surface area contributed by atoms with E-state index < -0.39 is 72.4 Å². The number of rotatable bonds is 23. The number of nitrogens with two attached hydrogens (primary N) is 3. The van der Waals surface area contributed by atoms with Crippen molar-refractivity contribution in [2.45, 2.75) is 94.4 Å². The zero-order chi connectivity index (χ0) is 42.1. The second-order valence-electron chi connectivity index (χ2n) is 15.8. The number of carboxylic acid groups (broad SMARTS) is 6. The van der Waals surface area contributed by atoms with Gasteiger partial charge in [0.25, 0.3) is 0 Å². The van der Waals surface area contributed by atoms with Gasteiger partial charge in [0.2, 0.25) is 0 Å². The summed E-state index contributed by atoms with van der Waals surface area (Å²) < 4.78 is 2.76. The van der Waals surface area contributed by atoms with Crippen LogP contribution in [0.25, 0.3) is 0 Å². The topological polar surface area (TPSA) is 331 Å². The number of nitrogens with zero attached hydrogens (tertiary/aromatic N) is 3. The average Bonchev–Trinajstić information content (AvgIpc) is 2.93. The van der Waals surface area contributed by atoms with Crippen LogP contribution >= 0.6 is 0 Å². The van der Waals surface area contributed by atoms with E-state index in [0.717, 1.165) is 71.6 Å². The van der Waals surface area contributed by atoms with E-state index in [9.17, 15) is 44.1 Å². The lowest BCUT2D eigenvalue weighted by Gasteiger charge is -2.29. The maximum Gasteiger partial charge on any atom is 0.320 e. The van der Waals surface area contributed by atoms with Crippen molar-refractivity contribution in [1.29, 1.82) is 0 Å². The number of carbonyl (C=O) groups excluding carboxylic acids is 3. The first-order valence-electron chi connectivity index (χ1n) is 17.0. The SMILES string of the molecule is C[N+](C)(C)CCCC[C@H](N)C(=O)O.C[N+](C)(C)CCCC[C@H](N)C(=O)O.C[N+](C)(C)CCCC[C@H](N)C(=O)O.O=C([O-])CC(O)(CC(=O)[O-])C(=O)[O-]. The molecule has 0 radical (unpaired) electrons. The Balaban J connectivity index is -0.000000295. The molecule has 0 aromatic heterocycles. The summed E-state index contributed by atoms with van der Waals surface area (Å²) in [6.45, 7) is 3.19. The number of hydrogen-bond acceptors (Lipinski definition) is 13. The van der Waals surface area contributed by atoms with Gasteiger partial charge in [-0.1, -0.05) is 0 Å². The molecule has 0 rings (SSSR count). The van der Waals surface area contributed by atoms with Gasteiger partial charge in [-0.05, 0) is 57.8 Å². The number of hydrogen-bond donors (Lipinski definition) is 7. The van der Waals surface area contributed by atoms with Crippen LogP contribution in [0, 0.1) is 0 Å². The molecule has 19 nitrogen and oxygen atoms in total. The van der Waals surface area contributed by atoms with Gasteiger partial charge in [0.1, 0.15) is 23.7 Å². The Morgan fingerprint density at radius 3 is 0.846 bits per heavy atom. The lowest BCUT2D eigenvalue weighted by atomic mass is 9.96. The molecule has 0 aliphatic heterocycles. The first-order chi connectivity index (χ1) is 23.3. The normalized spacial score (nSPS) is 13.3. The fourth-order valence-corrected chi connectivity index (χ4v) is 3.91. The van der Waals surface area contributed by atoms with Crippen LogP contribution in [0.3, 0.4) is 0 Å². The Kier molecular flexibility index (Phi) is 28.9. The first kappa shape index (κ1) is 55.3. The molecule has 0 amide bonds. The Morgan fingerprint density at radius 2 is 0.712 bits per heavy atom. The van der Waals surface area contributed by atoms with E-state index in [2.05, 4.69) is 63.4 Å². The third-order valence-corrected chi connectivity index (χ3v) is 6.99. The minimum atomic E-state index is -2.97. The summed E-state index contributed by atoms with van der Waals surface area (Å²) in [6.07, 6.45) is 4.79. The van der Waals surface area contributed by atoms with Gasteiger partial charge in [0.05, 0.1) is 89.0 Å². The predicted octanol–water partition coefficient (Wildman–Crippen LogP) is -4.43. The zero-order valence-corrected chi connectivity index (χ0v) is 32.7. The summed E-state index contributed by atoms with van der Waals surface area (Å²) in [5.41, 5.74) is 13.1. The molecule has 0 spiro atoms. The second kappa shape index (κ2) is 27.2. The van der Waals surface area contributed by atoms with Crippen LogP contribution in [-0.2, 0) is 28.8 Å². The van der Waals surface area contributed by atoms with E-state index in [0.29, 0.717) is 19.3 Å². The smallest absolute Gasteiger partial charge is 0.320 e. The zero-order valence-electron chi connectivity index (χ0n) is 32.7. The van der Waals surface area contributed by atoms with E-state index in [-0.39, 0.29) is 0 Å². The number of unbranched alkanes of at least 4 members (excludes halogenated alkanes) is 3. The Hall–Kier alpha value is -3.46. The van der Waals surface area contributed by atoms with Crippen molar-refractivity contribution < 1.29 is 78.0 Å². The second-order valence-corrected chi connectivity index (χ2v) is 15.8. The highest BCUT2D eigenvalue weighted by molar-refractivity contribution is 5.86. The van der Waals surface area contributed by atoms with Crippen LogP contribution in [0.2, 0.25) is 0 Å². The van der Waals surface area contributed by atoms with Gasteiger partial charge in [-0.2, -0.15) is 0 Å². The molecule has 0 fully saturated rings. The van der Waals surface area contributed by atoms with Crippen molar-refractivity contribution in [3.63, 3.8) is 0 Å². The summed E-state index contributed by atoms with van der Waals surface area (Å²) in [7, 11) is 19.1. The lowest BCUT2D eigenvalue weighted by molar-refractivity contribution is -0.870. The molecular formula is C33H68N6O13. The fourth-order valence-electron chi connectivity index (χ4n) is 3.91. The van der Waals surface area contributed by atoms with E-state index >= 15 is 0 Å². The molecule has 0 aliphatic rings. The minimum Gasteiger partial charge on any atom is -0.550 e. The summed E-state index contributed by atoms with van der Waals surface area (Å²) >= 11 is 0. The third-order valence-electron chi connectivity index (χ3n) is 6.99. The van der Waals surface area contributed by atoms with Crippen LogP contribution in [0.1, 0.15) is 70.6 Å². The molecule has 0 aromatic rings. The van der Waals surface area contributed by atoms with Crippen molar-refractivity contribution in [2.24, 2.45) is 17.2 Å². The summed E-state index contributed by atoms with van der Waals surface area (Å²) in [6, 6.07) is -2.06.